The second-order valence-electron chi connectivity index (χ2n) is 6.34. The summed E-state index contributed by atoms with van der Waals surface area (Å²) < 4.78 is 65.0. The van der Waals surface area contributed by atoms with E-state index in [1.807, 2.05) is 0 Å². The molecule has 0 radical (unpaired) electrons. The van der Waals surface area contributed by atoms with Crippen molar-refractivity contribution in [2.45, 2.75) is 39.9 Å². The third kappa shape index (κ3) is 4.32. The molecular formula is C18H20F4O3Si. The maximum atomic E-state index is 13.9. The van der Waals surface area contributed by atoms with Crippen LogP contribution in [0.15, 0.2) is 30.3 Å². The van der Waals surface area contributed by atoms with Gasteiger partial charge in [0.05, 0.1) is 0 Å². The molecule has 0 saturated carbocycles. The lowest BCUT2D eigenvalue weighted by Crippen LogP contribution is -2.56. The van der Waals surface area contributed by atoms with E-state index in [9.17, 15) is 22.4 Å². The standard InChI is InChI=1S/C18H20F4O3Si/c1-10(2)24-26(23,25-11(3)4)13-7-5-12(6-8-13)14-9-15(19)17(21)18(22)16(14)20/h5-11,23H,1-4H3. The van der Waals surface area contributed by atoms with Crippen LogP contribution in [0.2, 0.25) is 0 Å². The lowest BCUT2D eigenvalue weighted by molar-refractivity contribution is 0.0605. The van der Waals surface area contributed by atoms with Crippen LogP contribution in [0.1, 0.15) is 27.7 Å². The van der Waals surface area contributed by atoms with Crippen molar-refractivity contribution < 1.29 is 31.2 Å². The zero-order valence-corrected chi connectivity index (χ0v) is 15.8. The van der Waals surface area contributed by atoms with E-state index < -0.39 is 37.6 Å². The molecule has 0 atom stereocenters. The van der Waals surface area contributed by atoms with E-state index in [4.69, 9.17) is 8.85 Å². The summed E-state index contributed by atoms with van der Waals surface area (Å²) in [6.07, 6.45) is -0.606. The van der Waals surface area contributed by atoms with Gasteiger partial charge in [-0.05, 0) is 39.3 Å². The number of benzene rings is 2. The Labute approximate surface area is 150 Å². The molecule has 0 fully saturated rings. The minimum absolute atomic E-state index is 0.120. The Bertz CT molecular complexity index is 769. The number of halogens is 4. The molecule has 0 aromatic heterocycles. The van der Waals surface area contributed by atoms with Gasteiger partial charge in [-0.15, -0.1) is 0 Å². The van der Waals surface area contributed by atoms with Gasteiger partial charge in [0.2, 0.25) is 0 Å². The molecule has 0 unspecified atom stereocenters. The van der Waals surface area contributed by atoms with E-state index in [-0.39, 0.29) is 17.8 Å². The molecule has 0 aliphatic rings. The molecule has 0 spiro atoms. The molecule has 26 heavy (non-hydrogen) atoms. The summed E-state index contributed by atoms with van der Waals surface area (Å²) in [4.78, 5) is 10.8. The molecule has 0 amide bonds. The molecule has 2 rings (SSSR count). The normalized spacial score (nSPS) is 12.3. The fourth-order valence-electron chi connectivity index (χ4n) is 2.45. The van der Waals surface area contributed by atoms with Crippen molar-refractivity contribution in [2.24, 2.45) is 0 Å². The first kappa shape index (κ1) is 20.6. The molecule has 1 N–H and O–H groups in total. The quantitative estimate of drug-likeness (QED) is 0.353. The van der Waals surface area contributed by atoms with Crippen LogP contribution in [0.25, 0.3) is 11.1 Å². The summed E-state index contributed by atoms with van der Waals surface area (Å²) in [7, 11) is -3.72. The molecule has 2 aromatic rings. The molecule has 3 nitrogen and oxygen atoms in total. The summed E-state index contributed by atoms with van der Waals surface area (Å²) in [5.41, 5.74) is -0.304. The van der Waals surface area contributed by atoms with Crippen LogP contribution in [-0.4, -0.2) is 25.8 Å². The highest BCUT2D eigenvalue weighted by atomic mass is 28.4. The average Bonchev–Trinajstić information content (AvgIpc) is 2.55. The van der Waals surface area contributed by atoms with Crippen LogP contribution < -0.4 is 5.19 Å². The molecule has 0 heterocycles. The van der Waals surface area contributed by atoms with Gasteiger partial charge in [-0.3, -0.25) is 0 Å². The Morgan fingerprint density at radius 1 is 0.808 bits per heavy atom. The van der Waals surface area contributed by atoms with Crippen LogP contribution in [0.3, 0.4) is 0 Å². The van der Waals surface area contributed by atoms with Gasteiger partial charge in [0, 0.05) is 23.0 Å². The summed E-state index contributed by atoms with van der Waals surface area (Å²) >= 11 is 0. The van der Waals surface area contributed by atoms with Gasteiger partial charge < -0.3 is 13.6 Å². The predicted molar refractivity (Wildman–Crippen MR) is 91.8 cm³/mol. The van der Waals surface area contributed by atoms with Crippen LogP contribution in [0, 0.1) is 23.3 Å². The summed E-state index contributed by atoms with van der Waals surface area (Å²) in [5, 5.41) is 0.354. The first-order valence-corrected chi connectivity index (χ1v) is 9.83. The van der Waals surface area contributed by atoms with Gasteiger partial charge in [0.1, 0.15) is 0 Å². The first-order chi connectivity index (χ1) is 12.0. The Kier molecular flexibility index (Phi) is 6.23. The lowest BCUT2D eigenvalue weighted by atomic mass is 10.0. The minimum atomic E-state index is -3.72. The Morgan fingerprint density at radius 3 is 1.77 bits per heavy atom. The first-order valence-electron chi connectivity index (χ1n) is 8.07. The summed E-state index contributed by atoms with van der Waals surface area (Å²) in [5.74, 6) is -6.71. The smallest absolute Gasteiger partial charge is 0.386 e. The SMILES string of the molecule is CC(C)O[Si](O)(OC(C)C)c1ccc(-c2cc(F)c(F)c(F)c2F)cc1. The Balaban J connectivity index is 2.44. The van der Waals surface area contributed by atoms with Crippen molar-refractivity contribution in [2.75, 3.05) is 0 Å². The van der Waals surface area contributed by atoms with Crippen molar-refractivity contribution in [3.8, 4) is 11.1 Å². The van der Waals surface area contributed by atoms with Gasteiger partial charge in [-0.25, -0.2) is 17.6 Å². The largest absolute Gasteiger partial charge is 0.534 e. The highest BCUT2D eigenvalue weighted by Crippen LogP contribution is 2.27. The highest BCUT2D eigenvalue weighted by Gasteiger charge is 2.42. The fourth-order valence-corrected chi connectivity index (χ4v) is 4.64. The van der Waals surface area contributed by atoms with E-state index in [0.29, 0.717) is 11.3 Å². The second-order valence-corrected chi connectivity index (χ2v) is 8.55. The lowest BCUT2D eigenvalue weighted by Gasteiger charge is -2.28. The molecular weight excluding hydrogens is 368 g/mol. The van der Waals surface area contributed by atoms with Crippen LogP contribution in [-0.2, 0) is 8.85 Å². The molecule has 8 heteroatoms. The molecule has 0 aliphatic carbocycles. The highest BCUT2D eigenvalue weighted by molar-refractivity contribution is 6.74. The van der Waals surface area contributed by atoms with Crippen molar-refractivity contribution in [3.05, 3.63) is 53.6 Å². The van der Waals surface area contributed by atoms with Crippen LogP contribution in [0.5, 0.6) is 0 Å². The van der Waals surface area contributed by atoms with E-state index in [1.54, 1.807) is 27.7 Å². The van der Waals surface area contributed by atoms with Gasteiger partial charge in [0.25, 0.3) is 0 Å². The van der Waals surface area contributed by atoms with Gasteiger partial charge >= 0.3 is 8.80 Å². The summed E-state index contributed by atoms with van der Waals surface area (Å²) in [6, 6.07) is 6.17. The van der Waals surface area contributed by atoms with Crippen molar-refractivity contribution in [1.29, 1.82) is 0 Å². The van der Waals surface area contributed by atoms with Gasteiger partial charge in [0.15, 0.2) is 23.3 Å². The Morgan fingerprint density at radius 2 is 1.31 bits per heavy atom. The van der Waals surface area contributed by atoms with E-state index in [0.717, 1.165) is 0 Å². The maximum Gasteiger partial charge on any atom is 0.534 e. The minimum Gasteiger partial charge on any atom is -0.386 e. The maximum absolute atomic E-state index is 13.9. The van der Waals surface area contributed by atoms with Gasteiger partial charge in [-0.1, -0.05) is 24.3 Å². The molecule has 0 bridgehead atoms. The van der Waals surface area contributed by atoms with Crippen molar-refractivity contribution >= 4 is 14.0 Å². The summed E-state index contributed by atoms with van der Waals surface area (Å²) in [6.45, 7) is 6.98. The van der Waals surface area contributed by atoms with Crippen LogP contribution in [0.4, 0.5) is 17.6 Å². The Hall–Kier alpha value is -1.74. The zero-order valence-electron chi connectivity index (χ0n) is 14.8. The number of rotatable bonds is 6. The molecule has 142 valence electrons. The molecule has 0 saturated heterocycles. The third-order valence-corrected chi connectivity index (χ3v) is 6.10. The zero-order chi connectivity index (χ0) is 19.6. The van der Waals surface area contributed by atoms with Crippen molar-refractivity contribution in [1.82, 2.24) is 0 Å². The van der Waals surface area contributed by atoms with E-state index >= 15 is 0 Å². The monoisotopic (exact) mass is 388 g/mol. The van der Waals surface area contributed by atoms with Crippen molar-refractivity contribution in [3.63, 3.8) is 0 Å². The van der Waals surface area contributed by atoms with E-state index in [2.05, 4.69) is 0 Å². The number of hydrogen-bond acceptors (Lipinski definition) is 3. The molecule has 2 aromatic carbocycles. The molecule has 0 aliphatic heterocycles. The second kappa shape index (κ2) is 7.87. The third-order valence-electron chi connectivity index (χ3n) is 3.45. The topological polar surface area (TPSA) is 38.7 Å². The fraction of sp³-hybridized carbons (Fsp3) is 0.333. The average molecular weight is 388 g/mol. The van der Waals surface area contributed by atoms with Gasteiger partial charge in [-0.2, -0.15) is 0 Å². The predicted octanol–water partition coefficient (Wildman–Crippen LogP) is 3.90. The van der Waals surface area contributed by atoms with E-state index in [1.165, 1.54) is 24.3 Å². The van der Waals surface area contributed by atoms with Crippen LogP contribution >= 0.6 is 0 Å². The number of hydrogen-bond donors (Lipinski definition) is 1.